The zero-order valence-corrected chi connectivity index (χ0v) is 8.13. The number of carboxylic acid groups (broad SMARTS) is 1. The second-order valence-electron chi connectivity index (χ2n) is 2.68. The Bertz CT molecular complexity index is 480. The number of H-pyrrole nitrogens is 1. The molecule has 0 atom stereocenters. The van der Waals surface area contributed by atoms with E-state index in [0.717, 1.165) is 0 Å². The molecule has 2 heterocycles. The van der Waals surface area contributed by atoms with Crippen LogP contribution in [0, 0.1) is 6.92 Å². The molecular formula is C8H8ClN3O2. The summed E-state index contributed by atoms with van der Waals surface area (Å²) in [5.41, 5.74) is 1.12. The average molecular weight is 214 g/mol. The van der Waals surface area contributed by atoms with Crippen LogP contribution in [0.4, 0.5) is 0 Å². The van der Waals surface area contributed by atoms with Crippen LogP contribution in [0.1, 0.15) is 16.2 Å². The summed E-state index contributed by atoms with van der Waals surface area (Å²) < 4.78 is 0. The Kier molecular flexibility index (Phi) is 2.71. The molecule has 0 amide bonds. The van der Waals surface area contributed by atoms with Crippen molar-refractivity contribution in [2.45, 2.75) is 6.92 Å². The third-order valence-corrected chi connectivity index (χ3v) is 1.74. The van der Waals surface area contributed by atoms with Crippen LogP contribution in [0.3, 0.4) is 0 Å². The van der Waals surface area contributed by atoms with Crippen molar-refractivity contribution in [3.8, 4) is 0 Å². The molecule has 0 saturated carbocycles. The van der Waals surface area contributed by atoms with Crippen LogP contribution in [0.2, 0.25) is 0 Å². The number of hydrogen-bond donors (Lipinski definition) is 2. The molecule has 74 valence electrons. The molecule has 0 spiro atoms. The number of rotatable bonds is 1. The number of aromatic amines is 1. The first-order valence-electron chi connectivity index (χ1n) is 3.73. The molecule has 2 N–H and O–H groups in total. The molecule has 0 aromatic carbocycles. The minimum absolute atomic E-state index is 0. The van der Waals surface area contributed by atoms with E-state index in [1.165, 1.54) is 12.3 Å². The molecule has 0 fully saturated rings. The van der Waals surface area contributed by atoms with Crippen molar-refractivity contribution in [2.75, 3.05) is 0 Å². The number of imidazole rings is 1. The van der Waals surface area contributed by atoms with E-state index in [9.17, 15) is 4.79 Å². The number of aromatic carboxylic acids is 1. The molecule has 6 heteroatoms. The Morgan fingerprint density at radius 1 is 1.57 bits per heavy atom. The van der Waals surface area contributed by atoms with Crippen molar-refractivity contribution < 1.29 is 9.90 Å². The Balaban J connectivity index is 0.000000980. The summed E-state index contributed by atoms with van der Waals surface area (Å²) in [6.07, 6.45) is 1.44. The zero-order chi connectivity index (χ0) is 9.42. The zero-order valence-electron chi connectivity index (χ0n) is 7.31. The van der Waals surface area contributed by atoms with E-state index >= 15 is 0 Å². The number of nitrogens with one attached hydrogen (secondary N) is 1. The van der Waals surface area contributed by atoms with Gasteiger partial charge in [0, 0.05) is 6.20 Å². The van der Waals surface area contributed by atoms with E-state index in [1.54, 1.807) is 6.92 Å². The number of aryl methyl sites for hydroxylation is 1. The first kappa shape index (κ1) is 10.5. The van der Waals surface area contributed by atoms with Crippen molar-refractivity contribution in [1.29, 1.82) is 0 Å². The van der Waals surface area contributed by atoms with Gasteiger partial charge in [-0.15, -0.1) is 12.4 Å². The number of hydrogen-bond acceptors (Lipinski definition) is 3. The maximum absolute atomic E-state index is 10.7. The lowest BCUT2D eigenvalue weighted by Crippen LogP contribution is -1.97. The summed E-state index contributed by atoms with van der Waals surface area (Å²) in [7, 11) is 0. The van der Waals surface area contributed by atoms with Gasteiger partial charge in [-0.1, -0.05) is 0 Å². The minimum atomic E-state index is -0.976. The monoisotopic (exact) mass is 213 g/mol. The molecule has 0 radical (unpaired) electrons. The molecule has 0 bridgehead atoms. The summed E-state index contributed by atoms with van der Waals surface area (Å²) in [5, 5.41) is 8.82. The van der Waals surface area contributed by atoms with E-state index < -0.39 is 5.97 Å². The number of pyridine rings is 1. The van der Waals surface area contributed by atoms with E-state index in [0.29, 0.717) is 17.0 Å². The van der Waals surface area contributed by atoms with Gasteiger partial charge in [-0.2, -0.15) is 0 Å². The topological polar surface area (TPSA) is 78.9 Å². The second-order valence-corrected chi connectivity index (χ2v) is 2.68. The SMILES string of the molecule is Cc1nc2nccc(C(=O)O)c2[nH]1.Cl. The predicted octanol–water partition coefficient (Wildman–Crippen LogP) is 1.39. The number of fused-ring (bicyclic) bond motifs is 1. The van der Waals surface area contributed by atoms with Gasteiger partial charge in [0.1, 0.15) is 5.82 Å². The van der Waals surface area contributed by atoms with E-state index in [4.69, 9.17) is 5.11 Å². The summed E-state index contributed by atoms with van der Waals surface area (Å²) in [6.45, 7) is 1.76. The lowest BCUT2D eigenvalue weighted by atomic mass is 10.2. The lowest BCUT2D eigenvalue weighted by Gasteiger charge is -1.93. The molecular weight excluding hydrogens is 206 g/mol. The summed E-state index contributed by atoms with van der Waals surface area (Å²) in [6, 6.07) is 1.45. The highest BCUT2D eigenvalue weighted by Crippen LogP contribution is 2.13. The summed E-state index contributed by atoms with van der Waals surface area (Å²) in [4.78, 5) is 21.6. The molecule has 2 rings (SSSR count). The number of halogens is 1. The van der Waals surface area contributed by atoms with Crippen molar-refractivity contribution in [3.05, 3.63) is 23.7 Å². The van der Waals surface area contributed by atoms with Gasteiger partial charge in [0.05, 0.1) is 11.1 Å². The smallest absolute Gasteiger partial charge is 0.338 e. The van der Waals surface area contributed by atoms with Crippen LogP contribution in [0.5, 0.6) is 0 Å². The molecule has 0 aliphatic carbocycles. The molecule has 0 aliphatic rings. The van der Waals surface area contributed by atoms with Gasteiger partial charge in [0.15, 0.2) is 5.65 Å². The third kappa shape index (κ3) is 1.54. The van der Waals surface area contributed by atoms with Crippen molar-refractivity contribution in [2.24, 2.45) is 0 Å². The number of carbonyl (C=O) groups is 1. The van der Waals surface area contributed by atoms with E-state index in [-0.39, 0.29) is 18.0 Å². The Labute approximate surface area is 85.6 Å². The molecule has 14 heavy (non-hydrogen) atoms. The molecule has 0 aliphatic heterocycles. The maximum Gasteiger partial charge on any atom is 0.338 e. The van der Waals surface area contributed by atoms with Crippen LogP contribution < -0.4 is 0 Å². The predicted molar refractivity (Wildman–Crippen MR) is 52.8 cm³/mol. The Morgan fingerprint density at radius 3 is 2.93 bits per heavy atom. The largest absolute Gasteiger partial charge is 0.478 e. The van der Waals surface area contributed by atoms with Gasteiger partial charge in [0.25, 0.3) is 0 Å². The van der Waals surface area contributed by atoms with Gasteiger partial charge < -0.3 is 10.1 Å². The summed E-state index contributed by atoms with van der Waals surface area (Å²) >= 11 is 0. The molecule has 2 aromatic rings. The van der Waals surface area contributed by atoms with Gasteiger partial charge >= 0.3 is 5.97 Å². The quantitative estimate of drug-likeness (QED) is 0.750. The molecule has 2 aromatic heterocycles. The highest BCUT2D eigenvalue weighted by atomic mass is 35.5. The average Bonchev–Trinajstić information content (AvgIpc) is 2.43. The van der Waals surface area contributed by atoms with Crippen LogP contribution in [0.25, 0.3) is 11.2 Å². The van der Waals surface area contributed by atoms with Crippen LogP contribution >= 0.6 is 12.4 Å². The fourth-order valence-electron chi connectivity index (χ4n) is 1.20. The fourth-order valence-corrected chi connectivity index (χ4v) is 1.20. The van der Waals surface area contributed by atoms with Crippen molar-refractivity contribution in [3.63, 3.8) is 0 Å². The highest BCUT2D eigenvalue weighted by Gasteiger charge is 2.11. The van der Waals surface area contributed by atoms with Crippen molar-refractivity contribution >= 4 is 29.5 Å². The van der Waals surface area contributed by atoms with E-state index in [2.05, 4.69) is 15.0 Å². The highest BCUT2D eigenvalue weighted by molar-refractivity contribution is 5.99. The van der Waals surface area contributed by atoms with Gasteiger partial charge in [0.2, 0.25) is 0 Å². The lowest BCUT2D eigenvalue weighted by molar-refractivity contribution is 0.0699. The molecule has 0 unspecified atom stereocenters. The Hall–Kier alpha value is -1.62. The fraction of sp³-hybridized carbons (Fsp3) is 0.125. The van der Waals surface area contributed by atoms with Gasteiger partial charge in [-0.3, -0.25) is 0 Å². The van der Waals surface area contributed by atoms with Crippen molar-refractivity contribution in [1.82, 2.24) is 15.0 Å². The second kappa shape index (κ2) is 3.63. The summed E-state index contributed by atoms with van der Waals surface area (Å²) in [5.74, 6) is -0.313. The first-order valence-corrected chi connectivity index (χ1v) is 3.73. The van der Waals surface area contributed by atoms with Crippen LogP contribution in [-0.4, -0.2) is 26.0 Å². The molecule has 0 saturated heterocycles. The van der Waals surface area contributed by atoms with Crippen LogP contribution in [0.15, 0.2) is 12.3 Å². The Morgan fingerprint density at radius 2 is 2.29 bits per heavy atom. The van der Waals surface area contributed by atoms with Crippen LogP contribution in [-0.2, 0) is 0 Å². The van der Waals surface area contributed by atoms with E-state index in [1.807, 2.05) is 0 Å². The standard InChI is InChI=1S/C8H7N3O2.ClH/c1-4-10-6-5(8(12)13)2-3-9-7(6)11-4;/h2-3H,1H3,(H,12,13)(H,9,10,11);1H. The number of nitrogens with zero attached hydrogens (tertiary/aromatic N) is 2. The maximum atomic E-state index is 10.7. The van der Waals surface area contributed by atoms with Gasteiger partial charge in [-0.05, 0) is 13.0 Å². The third-order valence-electron chi connectivity index (χ3n) is 1.74. The van der Waals surface area contributed by atoms with Gasteiger partial charge in [-0.25, -0.2) is 14.8 Å². The number of aromatic nitrogens is 3. The number of carboxylic acids is 1. The minimum Gasteiger partial charge on any atom is -0.478 e. The normalized spacial score (nSPS) is 9.79. The first-order chi connectivity index (χ1) is 6.18. The molecule has 5 nitrogen and oxygen atoms in total.